The van der Waals surface area contributed by atoms with Crippen molar-refractivity contribution in [3.8, 4) is 12.1 Å². The van der Waals surface area contributed by atoms with E-state index in [0.717, 1.165) is 0 Å². The number of nitriles is 2. The van der Waals surface area contributed by atoms with Crippen molar-refractivity contribution in [1.82, 2.24) is 0 Å². The minimum absolute atomic E-state index is 0.00118. The number of anilines is 1. The van der Waals surface area contributed by atoms with Gasteiger partial charge in [-0.15, -0.1) is 6.58 Å². The third kappa shape index (κ3) is 2.05. The predicted molar refractivity (Wildman–Crippen MR) is 85.3 cm³/mol. The highest BCUT2D eigenvalue weighted by atomic mass is 16.2. The van der Waals surface area contributed by atoms with Crippen LogP contribution >= 0.6 is 0 Å². The zero-order valence-corrected chi connectivity index (χ0v) is 13.2. The summed E-state index contributed by atoms with van der Waals surface area (Å²) < 4.78 is 0. The van der Waals surface area contributed by atoms with E-state index in [9.17, 15) is 20.1 Å². The van der Waals surface area contributed by atoms with E-state index in [1.807, 2.05) is 12.1 Å². The molecule has 2 rings (SSSR count). The number of rotatable bonds is 5. The van der Waals surface area contributed by atoms with Crippen LogP contribution in [0.25, 0.3) is 0 Å². The van der Waals surface area contributed by atoms with Crippen LogP contribution in [0.5, 0.6) is 0 Å². The Bertz CT molecular complexity index is 755. The lowest BCUT2D eigenvalue weighted by atomic mass is 9.58. The lowest BCUT2D eigenvalue weighted by Crippen LogP contribution is -2.52. The van der Waals surface area contributed by atoms with Gasteiger partial charge in [0.2, 0.25) is 5.91 Å². The summed E-state index contributed by atoms with van der Waals surface area (Å²) in [5, 5.41) is 19.5. The number of benzene rings is 1. The molecule has 1 aromatic rings. The lowest BCUT2D eigenvalue weighted by Gasteiger charge is -2.37. The van der Waals surface area contributed by atoms with E-state index in [1.54, 1.807) is 31.3 Å². The molecule has 0 radical (unpaired) electrons. The number of para-hydroxylation sites is 1. The Morgan fingerprint density at radius 2 is 2.00 bits per heavy atom. The smallest absolute Gasteiger partial charge is 0.240 e. The first-order valence-corrected chi connectivity index (χ1v) is 7.20. The van der Waals surface area contributed by atoms with E-state index in [2.05, 4.69) is 6.58 Å². The summed E-state index contributed by atoms with van der Waals surface area (Å²) in [5.74, 6) is -0.652. The Balaban J connectivity index is 2.89. The summed E-state index contributed by atoms with van der Waals surface area (Å²) in [4.78, 5) is 26.5. The van der Waals surface area contributed by atoms with Crippen molar-refractivity contribution in [1.29, 1.82) is 10.5 Å². The second-order valence-electron chi connectivity index (χ2n) is 5.79. The Hall–Kier alpha value is -2.92. The Kier molecular flexibility index (Phi) is 4.08. The van der Waals surface area contributed by atoms with Crippen molar-refractivity contribution in [2.24, 2.45) is 5.41 Å². The SMILES string of the molecule is C=CCC(C#N)(C#N)[C@]1(CC(C)=O)C(=O)N(C)c2ccccc21. The van der Waals surface area contributed by atoms with Crippen molar-refractivity contribution >= 4 is 17.4 Å². The molecule has 0 aromatic heterocycles. The van der Waals surface area contributed by atoms with Crippen molar-refractivity contribution in [3.05, 3.63) is 42.5 Å². The summed E-state index contributed by atoms with van der Waals surface area (Å²) >= 11 is 0. The molecule has 1 amide bonds. The molecule has 1 aliphatic rings. The molecule has 1 aromatic carbocycles. The quantitative estimate of drug-likeness (QED) is 0.782. The third-order valence-electron chi connectivity index (χ3n) is 4.47. The second kappa shape index (κ2) is 5.70. The van der Waals surface area contributed by atoms with Gasteiger partial charge in [-0.1, -0.05) is 24.3 Å². The molecule has 5 heteroatoms. The van der Waals surface area contributed by atoms with E-state index in [-0.39, 0.29) is 18.6 Å². The molecule has 0 saturated carbocycles. The number of nitrogens with zero attached hydrogens (tertiary/aromatic N) is 3. The fraction of sp³-hybridized carbons (Fsp3) is 0.333. The highest BCUT2D eigenvalue weighted by Crippen LogP contribution is 2.54. The first-order valence-electron chi connectivity index (χ1n) is 7.20. The van der Waals surface area contributed by atoms with Gasteiger partial charge in [-0.05, 0) is 25.0 Å². The largest absolute Gasteiger partial charge is 0.314 e. The number of likely N-dealkylation sites (N-methyl/N-ethyl adjacent to an activating group) is 1. The van der Waals surface area contributed by atoms with Crippen molar-refractivity contribution < 1.29 is 9.59 Å². The summed E-state index contributed by atoms with van der Waals surface area (Å²) in [6.45, 7) is 4.98. The van der Waals surface area contributed by atoms with Crippen molar-refractivity contribution in [2.45, 2.75) is 25.2 Å². The Labute approximate surface area is 135 Å². The van der Waals surface area contributed by atoms with Gasteiger partial charge in [-0.25, -0.2) is 0 Å². The standard InChI is InChI=1S/C18H17N3O2/c1-4-9-17(11-19,12-20)18(10-13(2)22)14-7-5-6-8-15(14)21(3)16(18)23/h4-8H,1,9-10H2,2-3H3/t18-/m0/s1. The first kappa shape index (κ1) is 16.5. The molecule has 1 heterocycles. The number of fused-ring (bicyclic) bond motifs is 1. The molecule has 0 unspecified atom stereocenters. The summed E-state index contributed by atoms with van der Waals surface area (Å²) in [6, 6.07) is 11.0. The molecule has 116 valence electrons. The molecule has 0 N–H and O–H groups in total. The second-order valence-corrected chi connectivity index (χ2v) is 5.79. The number of Topliss-reactive ketones (excluding diaryl/α,β-unsaturated/α-hetero) is 1. The number of hydrogen-bond acceptors (Lipinski definition) is 4. The monoisotopic (exact) mass is 307 g/mol. The van der Waals surface area contributed by atoms with Crippen molar-refractivity contribution in [3.63, 3.8) is 0 Å². The zero-order valence-electron chi connectivity index (χ0n) is 13.2. The van der Waals surface area contributed by atoms with E-state index >= 15 is 0 Å². The molecule has 1 aliphatic heterocycles. The lowest BCUT2D eigenvalue weighted by molar-refractivity contribution is -0.130. The van der Waals surface area contributed by atoms with E-state index in [4.69, 9.17) is 0 Å². The highest BCUT2D eigenvalue weighted by molar-refractivity contribution is 6.11. The topological polar surface area (TPSA) is 85.0 Å². The maximum atomic E-state index is 13.1. The molecule has 0 spiro atoms. The van der Waals surface area contributed by atoms with Crippen LogP contribution in [0, 0.1) is 28.1 Å². The summed E-state index contributed by atoms with van der Waals surface area (Å²) in [6.07, 6.45) is 1.26. The molecule has 1 atom stereocenters. The third-order valence-corrected chi connectivity index (χ3v) is 4.47. The zero-order chi connectivity index (χ0) is 17.3. The van der Waals surface area contributed by atoms with Crippen LogP contribution in [0.2, 0.25) is 0 Å². The van der Waals surface area contributed by atoms with Crippen LogP contribution in [-0.4, -0.2) is 18.7 Å². The minimum atomic E-state index is -1.68. The Morgan fingerprint density at radius 1 is 1.39 bits per heavy atom. The predicted octanol–water partition coefficient (Wildman–Crippen LogP) is 2.49. The molecule has 23 heavy (non-hydrogen) atoms. The van der Waals surface area contributed by atoms with E-state index in [1.165, 1.54) is 17.9 Å². The van der Waals surface area contributed by atoms with Gasteiger partial charge in [-0.2, -0.15) is 10.5 Å². The van der Waals surface area contributed by atoms with Crippen LogP contribution < -0.4 is 4.90 Å². The maximum Gasteiger partial charge on any atom is 0.240 e. The molecule has 5 nitrogen and oxygen atoms in total. The van der Waals surface area contributed by atoms with Gasteiger partial charge in [0.25, 0.3) is 0 Å². The van der Waals surface area contributed by atoms with Gasteiger partial charge < -0.3 is 4.90 Å². The van der Waals surface area contributed by atoms with Gasteiger partial charge >= 0.3 is 0 Å². The average Bonchev–Trinajstić information content (AvgIpc) is 2.76. The fourth-order valence-corrected chi connectivity index (χ4v) is 3.44. The van der Waals surface area contributed by atoms with Crippen LogP contribution in [0.15, 0.2) is 36.9 Å². The summed E-state index contributed by atoms with van der Waals surface area (Å²) in [7, 11) is 1.59. The van der Waals surface area contributed by atoms with Gasteiger partial charge in [0, 0.05) is 19.2 Å². The van der Waals surface area contributed by atoms with Crippen LogP contribution in [0.3, 0.4) is 0 Å². The Morgan fingerprint density at radius 3 is 2.52 bits per heavy atom. The molecule has 0 bridgehead atoms. The van der Waals surface area contributed by atoms with Crippen molar-refractivity contribution in [2.75, 3.05) is 11.9 Å². The maximum absolute atomic E-state index is 13.1. The van der Waals surface area contributed by atoms with Crippen LogP contribution in [0.4, 0.5) is 5.69 Å². The first-order chi connectivity index (χ1) is 10.9. The normalized spacial score (nSPS) is 19.7. The van der Waals surface area contributed by atoms with Gasteiger partial charge in [0.05, 0.1) is 12.1 Å². The number of amides is 1. The highest BCUT2D eigenvalue weighted by Gasteiger charge is 2.63. The molecular formula is C18H17N3O2. The molecule has 0 aliphatic carbocycles. The molecule has 0 saturated heterocycles. The van der Waals surface area contributed by atoms with Gasteiger partial charge in [-0.3, -0.25) is 9.59 Å². The number of allylic oxidation sites excluding steroid dienone is 1. The fourth-order valence-electron chi connectivity index (χ4n) is 3.44. The van der Waals surface area contributed by atoms with Gasteiger partial charge in [0.15, 0.2) is 5.41 Å². The number of carbonyl (C=O) groups is 2. The molecule has 0 fully saturated rings. The number of ketones is 1. The number of carbonyl (C=O) groups excluding carboxylic acids is 2. The minimum Gasteiger partial charge on any atom is -0.314 e. The number of hydrogen-bond donors (Lipinski definition) is 0. The van der Waals surface area contributed by atoms with Crippen LogP contribution in [0.1, 0.15) is 25.3 Å². The van der Waals surface area contributed by atoms with E-state index in [0.29, 0.717) is 11.3 Å². The van der Waals surface area contributed by atoms with E-state index < -0.39 is 16.7 Å². The average molecular weight is 307 g/mol. The van der Waals surface area contributed by atoms with Crippen LogP contribution in [-0.2, 0) is 15.0 Å². The molecular weight excluding hydrogens is 290 g/mol. The summed E-state index contributed by atoms with van der Waals surface area (Å²) in [5.41, 5.74) is -2.02. The van der Waals surface area contributed by atoms with Gasteiger partial charge in [0.1, 0.15) is 11.2 Å².